The zero-order valence-electron chi connectivity index (χ0n) is 23.9. The average Bonchev–Trinajstić information content (AvgIpc) is 3.78. The molecule has 0 bridgehead atoms. The Morgan fingerprint density at radius 1 is 0.533 bits per heavy atom. The van der Waals surface area contributed by atoms with Crippen LogP contribution in [0.3, 0.4) is 0 Å². The third-order valence-electron chi connectivity index (χ3n) is 8.85. The fourth-order valence-corrected chi connectivity index (χ4v) is 7.89. The number of furan rings is 1. The normalized spacial score (nSPS) is 12.0. The molecule has 0 aliphatic rings. The predicted octanol–water partition coefficient (Wildman–Crippen LogP) is 11.2. The van der Waals surface area contributed by atoms with E-state index in [1.165, 1.54) is 20.9 Å². The third-order valence-corrected chi connectivity index (χ3v) is 9.91. The summed E-state index contributed by atoms with van der Waals surface area (Å²) in [5.74, 6) is 0.739. The van der Waals surface area contributed by atoms with Gasteiger partial charge in [0.25, 0.3) is 0 Å². The minimum absolute atomic E-state index is 0.739. The van der Waals surface area contributed by atoms with E-state index in [0.717, 1.165) is 71.5 Å². The first-order chi connectivity index (χ1) is 22.3. The van der Waals surface area contributed by atoms with Crippen molar-refractivity contribution >= 4 is 75.4 Å². The summed E-state index contributed by atoms with van der Waals surface area (Å²) in [6.07, 6.45) is 0. The third kappa shape index (κ3) is 3.59. The van der Waals surface area contributed by atoms with Gasteiger partial charge in [0, 0.05) is 53.8 Å². The molecule has 0 N–H and O–H groups in total. The number of para-hydroxylation sites is 2. The number of fused-ring (bicyclic) bond motifs is 10. The first-order valence-electron chi connectivity index (χ1n) is 15.0. The summed E-state index contributed by atoms with van der Waals surface area (Å²) in [5, 5.41) is 6.92. The molecule has 10 aromatic rings. The van der Waals surface area contributed by atoms with Crippen molar-refractivity contribution in [3.05, 3.63) is 140 Å². The van der Waals surface area contributed by atoms with Crippen LogP contribution in [0.2, 0.25) is 0 Å². The number of aromatic nitrogens is 3. The number of nitrogens with zero attached hydrogens (tertiary/aromatic N) is 3. The maximum absolute atomic E-state index is 6.55. The van der Waals surface area contributed by atoms with E-state index in [0.29, 0.717) is 0 Å². The number of benzene rings is 6. The van der Waals surface area contributed by atoms with Gasteiger partial charge < -0.3 is 8.98 Å². The lowest BCUT2D eigenvalue weighted by Gasteiger charge is -2.11. The van der Waals surface area contributed by atoms with Gasteiger partial charge >= 0.3 is 0 Å². The molecule has 0 radical (unpaired) electrons. The zero-order chi connectivity index (χ0) is 29.5. The monoisotopic (exact) mass is 593 g/mol. The van der Waals surface area contributed by atoms with E-state index in [2.05, 4.69) is 114 Å². The quantitative estimate of drug-likeness (QED) is 0.205. The summed E-state index contributed by atoms with van der Waals surface area (Å²) in [7, 11) is 0. The van der Waals surface area contributed by atoms with Gasteiger partial charge in [-0.15, -0.1) is 11.3 Å². The van der Waals surface area contributed by atoms with E-state index in [1.54, 1.807) is 11.3 Å². The summed E-state index contributed by atoms with van der Waals surface area (Å²) in [6.45, 7) is 0. The summed E-state index contributed by atoms with van der Waals surface area (Å²) in [5.41, 5.74) is 8.12. The minimum Gasteiger partial charge on any atom is -0.454 e. The first kappa shape index (κ1) is 24.6. The second-order valence-corrected chi connectivity index (χ2v) is 12.4. The molecule has 0 saturated carbocycles. The van der Waals surface area contributed by atoms with Crippen LogP contribution in [0.1, 0.15) is 0 Å². The smallest absolute Gasteiger partial charge is 0.161 e. The molecule has 0 aliphatic carbocycles. The molecule has 5 heteroatoms. The maximum Gasteiger partial charge on any atom is 0.161 e. The SMILES string of the molecule is c1ccc(-c2nc(-c3ccc(-n4c5ccccc5c5ccc6c7ccccc7oc6c54)cc3)c3c(n2)sc2ccccc23)cc1. The topological polar surface area (TPSA) is 43.9 Å². The maximum atomic E-state index is 6.55. The Labute approximate surface area is 261 Å². The first-order valence-corrected chi connectivity index (χ1v) is 15.8. The highest BCUT2D eigenvalue weighted by molar-refractivity contribution is 7.25. The van der Waals surface area contributed by atoms with Crippen LogP contribution in [0.25, 0.3) is 92.4 Å². The lowest BCUT2D eigenvalue weighted by atomic mass is 10.0. The summed E-state index contributed by atoms with van der Waals surface area (Å²) >= 11 is 1.72. The van der Waals surface area contributed by atoms with Crippen molar-refractivity contribution in [3.63, 3.8) is 0 Å². The lowest BCUT2D eigenvalue weighted by Crippen LogP contribution is -1.96. The molecule has 10 rings (SSSR count). The molecule has 45 heavy (non-hydrogen) atoms. The molecule has 0 spiro atoms. The van der Waals surface area contributed by atoms with Crippen molar-refractivity contribution in [3.8, 4) is 28.3 Å². The Bertz CT molecular complexity index is 2750. The van der Waals surface area contributed by atoms with Gasteiger partial charge in [-0.05, 0) is 36.4 Å². The van der Waals surface area contributed by atoms with Gasteiger partial charge in [-0.25, -0.2) is 9.97 Å². The van der Waals surface area contributed by atoms with E-state index >= 15 is 0 Å². The summed E-state index contributed by atoms with van der Waals surface area (Å²) in [6, 6.07) is 48.8. The Morgan fingerprint density at radius 3 is 2.11 bits per heavy atom. The van der Waals surface area contributed by atoms with Gasteiger partial charge in [0.2, 0.25) is 0 Å². The highest BCUT2D eigenvalue weighted by Crippen LogP contribution is 2.42. The molecule has 0 aliphatic heterocycles. The van der Waals surface area contributed by atoms with E-state index in [9.17, 15) is 0 Å². The van der Waals surface area contributed by atoms with Crippen LogP contribution in [-0.4, -0.2) is 14.5 Å². The van der Waals surface area contributed by atoms with Gasteiger partial charge in [0.1, 0.15) is 10.4 Å². The van der Waals surface area contributed by atoms with Crippen molar-refractivity contribution in [1.29, 1.82) is 0 Å². The van der Waals surface area contributed by atoms with Crippen molar-refractivity contribution in [2.24, 2.45) is 0 Å². The molecule has 0 amide bonds. The van der Waals surface area contributed by atoms with Crippen molar-refractivity contribution in [2.45, 2.75) is 0 Å². The van der Waals surface area contributed by atoms with Crippen LogP contribution in [-0.2, 0) is 0 Å². The molecule has 4 heterocycles. The van der Waals surface area contributed by atoms with Gasteiger partial charge in [-0.1, -0.05) is 103 Å². The van der Waals surface area contributed by atoms with Crippen LogP contribution in [0, 0.1) is 0 Å². The highest BCUT2D eigenvalue weighted by Gasteiger charge is 2.20. The van der Waals surface area contributed by atoms with Gasteiger partial charge in [-0.2, -0.15) is 0 Å². The number of thiophene rings is 1. The molecule has 4 aromatic heterocycles. The van der Waals surface area contributed by atoms with Gasteiger partial charge in [0.05, 0.1) is 16.7 Å². The van der Waals surface area contributed by atoms with Gasteiger partial charge in [-0.3, -0.25) is 0 Å². The van der Waals surface area contributed by atoms with E-state index in [-0.39, 0.29) is 0 Å². The largest absolute Gasteiger partial charge is 0.454 e. The minimum atomic E-state index is 0.739. The molecular formula is C40H23N3OS. The fraction of sp³-hybridized carbons (Fsp3) is 0. The van der Waals surface area contributed by atoms with E-state index in [1.807, 2.05) is 30.3 Å². The van der Waals surface area contributed by atoms with Crippen LogP contribution >= 0.6 is 11.3 Å². The second kappa shape index (κ2) is 9.36. The second-order valence-electron chi connectivity index (χ2n) is 11.4. The van der Waals surface area contributed by atoms with Crippen molar-refractivity contribution in [1.82, 2.24) is 14.5 Å². The number of hydrogen-bond donors (Lipinski definition) is 0. The van der Waals surface area contributed by atoms with Gasteiger partial charge in [0.15, 0.2) is 11.4 Å². The number of rotatable bonds is 3. The molecule has 210 valence electrons. The molecule has 0 fully saturated rings. The Morgan fingerprint density at radius 2 is 1.24 bits per heavy atom. The molecular weight excluding hydrogens is 571 g/mol. The summed E-state index contributed by atoms with van der Waals surface area (Å²) < 4.78 is 10.1. The van der Waals surface area contributed by atoms with E-state index < -0.39 is 0 Å². The van der Waals surface area contributed by atoms with Crippen LogP contribution < -0.4 is 0 Å². The Balaban J connectivity index is 1.22. The highest BCUT2D eigenvalue weighted by atomic mass is 32.1. The fourth-order valence-electron chi connectivity index (χ4n) is 6.82. The Kier molecular flexibility index (Phi) is 5.12. The lowest BCUT2D eigenvalue weighted by molar-refractivity contribution is 0.671. The molecule has 4 nitrogen and oxygen atoms in total. The standard InChI is InChI=1S/C40H23N3OS/c1-2-10-25(11-3-1)39-41-36(35-31-14-6-9-17-34(31)45-40(35)42-39)24-18-20-26(21-19-24)43-32-15-7-4-12-27(32)29-22-23-30-28-13-5-8-16-33(28)44-38(30)37(29)43/h1-23H. The van der Waals surface area contributed by atoms with Crippen LogP contribution in [0.4, 0.5) is 0 Å². The Hall–Kier alpha value is -5.78. The predicted molar refractivity (Wildman–Crippen MR) is 187 cm³/mol. The number of hydrogen-bond acceptors (Lipinski definition) is 4. The van der Waals surface area contributed by atoms with Crippen molar-refractivity contribution < 1.29 is 4.42 Å². The van der Waals surface area contributed by atoms with Crippen LogP contribution in [0.5, 0.6) is 0 Å². The van der Waals surface area contributed by atoms with Crippen LogP contribution in [0.15, 0.2) is 144 Å². The molecule has 0 unspecified atom stereocenters. The molecule has 0 saturated heterocycles. The van der Waals surface area contributed by atoms with E-state index in [4.69, 9.17) is 14.4 Å². The summed E-state index contributed by atoms with van der Waals surface area (Å²) in [4.78, 5) is 11.2. The molecule has 6 aromatic carbocycles. The average molecular weight is 594 g/mol. The molecule has 0 atom stereocenters. The zero-order valence-corrected chi connectivity index (χ0v) is 24.8. The van der Waals surface area contributed by atoms with Crippen molar-refractivity contribution in [2.75, 3.05) is 0 Å².